The van der Waals surface area contributed by atoms with Gasteiger partial charge in [0.1, 0.15) is 0 Å². The second-order valence-electron chi connectivity index (χ2n) is 13.8. The summed E-state index contributed by atoms with van der Waals surface area (Å²) in [7, 11) is 0. The molecule has 2 heteroatoms. The van der Waals surface area contributed by atoms with E-state index in [1.54, 1.807) is 0 Å². The number of aliphatic imine (C=N–C) groups is 2. The topological polar surface area (TPSA) is 24.7 Å². The van der Waals surface area contributed by atoms with Crippen molar-refractivity contribution in [2.45, 2.75) is 26.2 Å². The third-order valence-electron chi connectivity index (χ3n) is 10.7. The monoisotopic (exact) mass is 720 g/mol. The maximum atomic E-state index is 5.24. The van der Waals surface area contributed by atoms with Crippen molar-refractivity contribution in [3.8, 4) is 22.3 Å². The summed E-state index contributed by atoms with van der Waals surface area (Å²) in [5.74, 6) is 0.623. The standard InChI is InChI=1S/C52H38N2.C2H6/c1-36(38-19-7-3-8-20-38)53-51(39-21-9-4-10-22-39)54-37(2)47-33-40-23-15-16-24-41(40)34-48(47)42-31-32-46-45-29-17-18-30-49(45)52(50(46)35-42,43-25-11-5-12-26-43)44-27-13-6-14-28-44;1-2/h3-35H,2H2,1H3;1-2H3. The van der Waals surface area contributed by atoms with Gasteiger partial charge in [-0.3, -0.25) is 0 Å². The van der Waals surface area contributed by atoms with Gasteiger partial charge in [-0.1, -0.05) is 202 Å². The number of nitrogens with zero attached hydrogens (tertiary/aromatic N) is 2. The highest BCUT2D eigenvalue weighted by molar-refractivity contribution is 6.13. The van der Waals surface area contributed by atoms with Crippen LogP contribution in [0.1, 0.15) is 59.7 Å². The average Bonchev–Trinajstić information content (AvgIpc) is 3.58. The molecule has 0 bridgehead atoms. The molecule has 8 aromatic carbocycles. The lowest BCUT2D eigenvalue weighted by Crippen LogP contribution is -2.28. The van der Waals surface area contributed by atoms with Gasteiger partial charge in [0.25, 0.3) is 0 Å². The van der Waals surface area contributed by atoms with Gasteiger partial charge in [-0.2, -0.15) is 0 Å². The Hall–Kier alpha value is -6.90. The fourth-order valence-corrected chi connectivity index (χ4v) is 8.16. The van der Waals surface area contributed by atoms with Crippen molar-refractivity contribution in [3.63, 3.8) is 0 Å². The van der Waals surface area contributed by atoms with Crippen LogP contribution in [0.25, 0.3) is 38.7 Å². The van der Waals surface area contributed by atoms with Crippen molar-refractivity contribution < 1.29 is 0 Å². The van der Waals surface area contributed by atoms with Crippen LogP contribution in [0.2, 0.25) is 0 Å². The number of hydrogen-bond donors (Lipinski definition) is 0. The van der Waals surface area contributed by atoms with Crippen LogP contribution in [0.3, 0.4) is 0 Å². The number of benzene rings is 8. The molecule has 0 unspecified atom stereocenters. The molecule has 56 heavy (non-hydrogen) atoms. The molecule has 0 spiro atoms. The van der Waals surface area contributed by atoms with E-state index in [0.29, 0.717) is 11.5 Å². The molecule has 0 N–H and O–H groups in total. The van der Waals surface area contributed by atoms with Crippen molar-refractivity contribution >= 4 is 28.0 Å². The van der Waals surface area contributed by atoms with Gasteiger partial charge < -0.3 is 0 Å². The molecule has 1 aliphatic carbocycles. The molecule has 1 aliphatic rings. The highest BCUT2D eigenvalue weighted by Crippen LogP contribution is 2.56. The molecular weight excluding hydrogens is 677 g/mol. The molecule has 0 radical (unpaired) electrons. The van der Waals surface area contributed by atoms with Crippen LogP contribution in [0.15, 0.2) is 217 Å². The Morgan fingerprint density at radius 2 is 0.946 bits per heavy atom. The van der Waals surface area contributed by atoms with Crippen molar-refractivity contribution in [2.24, 2.45) is 9.98 Å². The molecule has 0 saturated carbocycles. The predicted molar refractivity (Wildman–Crippen MR) is 239 cm³/mol. The highest BCUT2D eigenvalue weighted by Gasteiger charge is 2.46. The molecule has 2 nitrogen and oxygen atoms in total. The van der Waals surface area contributed by atoms with Gasteiger partial charge in [-0.05, 0) is 86.0 Å². The van der Waals surface area contributed by atoms with E-state index in [-0.39, 0.29) is 0 Å². The summed E-state index contributed by atoms with van der Waals surface area (Å²) in [6, 6.07) is 71.2. The quantitative estimate of drug-likeness (QED) is 0.116. The molecule has 0 aliphatic heterocycles. The fourth-order valence-electron chi connectivity index (χ4n) is 8.16. The molecule has 0 saturated heterocycles. The molecule has 270 valence electrons. The van der Waals surface area contributed by atoms with Crippen LogP contribution < -0.4 is 0 Å². The predicted octanol–water partition coefficient (Wildman–Crippen LogP) is 13.8. The third-order valence-corrected chi connectivity index (χ3v) is 10.7. The second-order valence-corrected chi connectivity index (χ2v) is 13.8. The van der Waals surface area contributed by atoms with Crippen molar-refractivity contribution in [2.75, 3.05) is 0 Å². The fraction of sp³-hybridized carbons (Fsp3) is 0.0741. The van der Waals surface area contributed by atoms with Gasteiger partial charge in [0, 0.05) is 16.8 Å². The smallest absolute Gasteiger partial charge is 0.160 e. The zero-order valence-corrected chi connectivity index (χ0v) is 32.2. The normalized spacial score (nSPS) is 13.0. The van der Waals surface area contributed by atoms with Gasteiger partial charge in [0.2, 0.25) is 0 Å². The summed E-state index contributed by atoms with van der Waals surface area (Å²) in [5, 5.41) is 2.30. The third kappa shape index (κ3) is 6.50. The first-order chi connectivity index (χ1) is 27.6. The Morgan fingerprint density at radius 3 is 1.57 bits per heavy atom. The largest absolute Gasteiger partial charge is 0.233 e. The maximum absolute atomic E-state index is 5.24. The first-order valence-corrected chi connectivity index (χ1v) is 19.4. The zero-order chi connectivity index (χ0) is 38.5. The number of hydrogen-bond acceptors (Lipinski definition) is 1. The van der Waals surface area contributed by atoms with E-state index >= 15 is 0 Å². The Balaban J connectivity index is 0.00000217. The molecule has 0 atom stereocenters. The van der Waals surface area contributed by atoms with Crippen LogP contribution in [0, 0.1) is 0 Å². The van der Waals surface area contributed by atoms with Gasteiger partial charge in [0.15, 0.2) is 5.84 Å². The lowest BCUT2D eigenvalue weighted by atomic mass is 9.67. The minimum atomic E-state index is -0.499. The molecule has 8 aromatic rings. The Kier molecular flexibility index (Phi) is 10.2. The highest BCUT2D eigenvalue weighted by atomic mass is 14.9. The van der Waals surface area contributed by atoms with Crippen LogP contribution in [-0.4, -0.2) is 11.5 Å². The molecule has 9 rings (SSSR count). The summed E-state index contributed by atoms with van der Waals surface area (Å²) in [5.41, 5.74) is 13.7. The van der Waals surface area contributed by atoms with Gasteiger partial charge in [0.05, 0.1) is 11.1 Å². The molecule has 0 heterocycles. The minimum Gasteiger partial charge on any atom is -0.233 e. The average molecular weight is 721 g/mol. The van der Waals surface area contributed by atoms with Crippen molar-refractivity contribution in [1.29, 1.82) is 0 Å². The lowest BCUT2D eigenvalue weighted by molar-refractivity contribution is 0.769. The molecule has 0 fully saturated rings. The number of amidine groups is 1. The van der Waals surface area contributed by atoms with E-state index in [1.165, 1.54) is 33.4 Å². The first-order valence-electron chi connectivity index (χ1n) is 19.4. The van der Waals surface area contributed by atoms with E-state index in [0.717, 1.165) is 44.3 Å². The zero-order valence-electron chi connectivity index (χ0n) is 32.2. The summed E-state index contributed by atoms with van der Waals surface area (Å²) in [6.07, 6.45) is 0. The van der Waals surface area contributed by atoms with E-state index in [4.69, 9.17) is 9.98 Å². The Bertz CT molecular complexity index is 2670. The number of rotatable bonds is 7. The van der Waals surface area contributed by atoms with Crippen LogP contribution in [0.5, 0.6) is 0 Å². The van der Waals surface area contributed by atoms with Gasteiger partial charge in [-0.25, -0.2) is 9.98 Å². The maximum Gasteiger partial charge on any atom is 0.160 e. The van der Waals surface area contributed by atoms with Crippen LogP contribution in [-0.2, 0) is 5.41 Å². The van der Waals surface area contributed by atoms with E-state index < -0.39 is 5.41 Å². The van der Waals surface area contributed by atoms with Gasteiger partial charge >= 0.3 is 0 Å². The van der Waals surface area contributed by atoms with E-state index in [1.807, 2.05) is 57.2 Å². The summed E-state index contributed by atoms with van der Waals surface area (Å²) in [4.78, 5) is 10.3. The van der Waals surface area contributed by atoms with Crippen LogP contribution >= 0.6 is 0 Å². The lowest BCUT2D eigenvalue weighted by Gasteiger charge is -2.34. The SMILES string of the molecule is C=C(N=C(N=C(C)c1ccccc1)c1ccccc1)c1cc2ccccc2cc1-c1ccc2c(c1)C(c1ccccc1)(c1ccccc1)c1ccccc1-2.CC. The van der Waals surface area contributed by atoms with Crippen LogP contribution in [0.4, 0.5) is 0 Å². The summed E-state index contributed by atoms with van der Waals surface area (Å²) >= 11 is 0. The molecular formula is C54H44N2. The van der Waals surface area contributed by atoms with Gasteiger partial charge in [-0.15, -0.1) is 0 Å². The Labute approximate surface area is 330 Å². The van der Waals surface area contributed by atoms with E-state index in [9.17, 15) is 0 Å². The first kappa shape index (κ1) is 36.1. The number of fused-ring (bicyclic) bond motifs is 4. The van der Waals surface area contributed by atoms with E-state index in [2.05, 4.69) is 170 Å². The minimum absolute atomic E-state index is 0.499. The molecule has 0 aromatic heterocycles. The van der Waals surface area contributed by atoms with Crippen molar-refractivity contribution in [1.82, 2.24) is 0 Å². The summed E-state index contributed by atoms with van der Waals surface area (Å²) < 4.78 is 0. The second kappa shape index (κ2) is 15.8. The van der Waals surface area contributed by atoms with Crippen molar-refractivity contribution in [3.05, 3.63) is 246 Å². The Morgan fingerprint density at radius 1 is 0.446 bits per heavy atom. The molecule has 0 amide bonds. The summed E-state index contributed by atoms with van der Waals surface area (Å²) in [6.45, 7) is 10.7.